The van der Waals surface area contributed by atoms with Crippen LogP contribution in [0.1, 0.15) is 77.0 Å². The third-order valence-corrected chi connectivity index (χ3v) is 17.5. The van der Waals surface area contributed by atoms with Crippen LogP contribution in [0.4, 0.5) is 0 Å². The minimum absolute atomic E-state index is 0.397. The molecule has 26 heavy (non-hydrogen) atoms. The van der Waals surface area contributed by atoms with Crippen molar-refractivity contribution in [2.75, 3.05) is 0 Å². The molecule has 1 saturated heterocycles. The van der Waals surface area contributed by atoms with Gasteiger partial charge in [-0.05, 0) is 113 Å². The highest BCUT2D eigenvalue weighted by Gasteiger charge is 2.67. The largest absolute Gasteiger partial charge is 0.202 e. The highest BCUT2D eigenvalue weighted by molar-refractivity contribution is 8.05. The zero-order valence-corrected chi connectivity index (χ0v) is 18.8. The molecule has 1 aliphatic heterocycles. The highest BCUT2D eigenvalue weighted by atomic mass is 35.7. The Labute approximate surface area is 170 Å². The average molecular weight is 431 g/mol. The third-order valence-electron chi connectivity index (χ3n) is 9.49. The van der Waals surface area contributed by atoms with E-state index in [4.69, 9.17) is 22.5 Å². The van der Waals surface area contributed by atoms with E-state index in [1.165, 1.54) is 77.0 Å². The van der Waals surface area contributed by atoms with Crippen molar-refractivity contribution in [1.29, 1.82) is 0 Å². The first-order valence-electron chi connectivity index (χ1n) is 11.1. The summed E-state index contributed by atoms with van der Waals surface area (Å²) in [5, 5.41) is 0. The van der Waals surface area contributed by atoms with E-state index >= 15 is 0 Å². The summed E-state index contributed by atoms with van der Waals surface area (Å²) in [5.41, 5.74) is 0.795. The van der Waals surface area contributed by atoms with Gasteiger partial charge in [0.25, 0.3) is 0 Å². The molecule has 0 spiro atoms. The molecule has 0 aromatic carbocycles. The number of nitrogens with zero attached hydrogens (tertiary/aromatic N) is 2. The van der Waals surface area contributed by atoms with Crippen LogP contribution in [0, 0.1) is 35.5 Å². The Hall–Kier alpha value is 1.36. The minimum Gasteiger partial charge on any atom is -0.202 e. The molecule has 1 heterocycles. The normalized spacial score (nSPS) is 63.5. The van der Waals surface area contributed by atoms with Gasteiger partial charge in [-0.25, -0.2) is 8.88 Å². The van der Waals surface area contributed by atoms with Crippen LogP contribution in [0.15, 0.2) is 0 Å². The third kappa shape index (κ3) is 2.17. The minimum atomic E-state index is -0.670. The number of rotatable bonds is 2. The molecule has 0 aromatic rings. The summed E-state index contributed by atoms with van der Waals surface area (Å²) in [7, 11) is -1.34. The van der Waals surface area contributed by atoms with E-state index in [2.05, 4.69) is 8.88 Å². The molecule has 8 aliphatic carbocycles. The van der Waals surface area contributed by atoms with Crippen LogP contribution in [-0.4, -0.2) is 20.0 Å². The smallest absolute Gasteiger partial charge is 0.152 e. The average Bonchev–Trinajstić information content (AvgIpc) is 2.51. The standard InChI is InChI=1S/C20H30Cl2N2P2/c21-25-23(19-7-13-1-14(8-19)3-15(2-13)9-19)26(22)24(25)20-10-16-4-17(11-20)6-18(5-16)12-20/h13-18H,1-12H2. The molecule has 0 radical (unpaired) electrons. The van der Waals surface area contributed by atoms with Gasteiger partial charge in [0, 0.05) is 11.1 Å². The van der Waals surface area contributed by atoms with Gasteiger partial charge in [0.05, 0.1) is 0 Å². The predicted octanol–water partition coefficient (Wildman–Crippen LogP) is 7.47. The summed E-state index contributed by atoms with van der Waals surface area (Å²) >= 11 is 14.6. The van der Waals surface area contributed by atoms with Gasteiger partial charge in [-0.15, -0.1) is 0 Å². The molecule has 0 atom stereocenters. The molecule has 0 N–H and O–H groups in total. The quantitative estimate of drug-likeness (QED) is 0.419. The van der Waals surface area contributed by atoms with Crippen molar-refractivity contribution in [2.45, 2.75) is 88.1 Å². The molecule has 8 bridgehead atoms. The van der Waals surface area contributed by atoms with Gasteiger partial charge in [-0.1, -0.05) is 22.5 Å². The van der Waals surface area contributed by atoms with E-state index in [1.807, 2.05) is 0 Å². The van der Waals surface area contributed by atoms with Gasteiger partial charge >= 0.3 is 0 Å². The van der Waals surface area contributed by atoms with E-state index in [-0.39, 0.29) is 0 Å². The topological polar surface area (TPSA) is 6.48 Å². The Morgan fingerprint density at radius 2 is 0.731 bits per heavy atom. The molecule has 9 rings (SSSR count). The molecular formula is C20H30Cl2N2P2. The Morgan fingerprint density at radius 1 is 0.500 bits per heavy atom. The summed E-state index contributed by atoms with van der Waals surface area (Å²) in [6.45, 7) is 0. The number of halogens is 2. The molecule has 0 amide bonds. The molecule has 144 valence electrons. The monoisotopic (exact) mass is 430 g/mol. The van der Waals surface area contributed by atoms with Crippen LogP contribution >= 0.6 is 37.6 Å². The molecule has 0 aromatic heterocycles. The SMILES string of the molecule is ClP1N(C23CC4CC(CC(C4)C2)C3)P(Cl)N1C12CC3CC(CC(C3)C1)C2. The maximum atomic E-state index is 7.30. The van der Waals surface area contributed by atoms with E-state index in [0.717, 1.165) is 35.5 Å². The van der Waals surface area contributed by atoms with E-state index < -0.39 is 15.2 Å². The van der Waals surface area contributed by atoms with Crippen LogP contribution < -0.4 is 0 Å². The first kappa shape index (κ1) is 17.1. The lowest BCUT2D eigenvalue weighted by molar-refractivity contribution is -0.0551. The van der Waals surface area contributed by atoms with Crippen molar-refractivity contribution in [3.8, 4) is 0 Å². The molecule has 9 aliphatic rings. The zero-order valence-electron chi connectivity index (χ0n) is 15.5. The Bertz CT molecular complexity index is 511. The maximum Gasteiger partial charge on any atom is 0.152 e. The van der Waals surface area contributed by atoms with Gasteiger partial charge < -0.3 is 0 Å². The van der Waals surface area contributed by atoms with Crippen LogP contribution in [0.5, 0.6) is 0 Å². The van der Waals surface area contributed by atoms with Crippen molar-refractivity contribution in [3.63, 3.8) is 0 Å². The van der Waals surface area contributed by atoms with Gasteiger partial charge in [-0.2, -0.15) is 0 Å². The molecule has 9 fully saturated rings. The fourth-order valence-electron chi connectivity index (χ4n) is 9.57. The van der Waals surface area contributed by atoms with E-state index in [0.29, 0.717) is 11.1 Å². The second-order valence-corrected chi connectivity index (χ2v) is 16.4. The lowest BCUT2D eigenvalue weighted by atomic mass is 9.53. The van der Waals surface area contributed by atoms with Crippen molar-refractivity contribution in [3.05, 3.63) is 0 Å². The zero-order chi connectivity index (χ0) is 17.3. The summed E-state index contributed by atoms with van der Waals surface area (Å²) in [6.07, 6.45) is 17.5. The van der Waals surface area contributed by atoms with Crippen LogP contribution in [-0.2, 0) is 0 Å². The van der Waals surface area contributed by atoms with Gasteiger partial charge in [-0.3, -0.25) is 0 Å². The highest BCUT2D eigenvalue weighted by Crippen LogP contribution is 2.89. The van der Waals surface area contributed by atoms with E-state index in [1.54, 1.807) is 0 Å². The van der Waals surface area contributed by atoms with Crippen molar-refractivity contribution >= 4 is 37.6 Å². The van der Waals surface area contributed by atoms with E-state index in [9.17, 15) is 0 Å². The van der Waals surface area contributed by atoms with Crippen molar-refractivity contribution in [2.24, 2.45) is 35.5 Å². The van der Waals surface area contributed by atoms with Gasteiger partial charge in [0.1, 0.15) is 0 Å². The van der Waals surface area contributed by atoms with Crippen molar-refractivity contribution < 1.29 is 0 Å². The first-order valence-corrected chi connectivity index (χ1v) is 15.4. The molecule has 8 saturated carbocycles. The fraction of sp³-hybridized carbons (Fsp3) is 1.00. The summed E-state index contributed by atoms with van der Waals surface area (Å²) in [6, 6.07) is 0. The molecular weight excluding hydrogens is 401 g/mol. The number of hydrogen-bond donors (Lipinski definition) is 0. The number of hydrogen-bond acceptors (Lipinski definition) is 2. The van der Waals surface area contributed by atoms with Gasteiger partial charge in [0.2, 0.25) is 0 Å². The van der Waals surface area contributed by atoms with Crippen LogP contribution in [0.25, 0.3) is 0 Å². The maximum absolute atomic E-state index is 7.30. The summed E-state index contributed by atoms with van der Waals surface area (Å²) in [5.74, 6) is 5.89. The Morgan fingerprint density at radius 3 is 0.962 bits per heavy atom. The second kappa shape index (κ2) is 5.53. The first-order chi connectivity index (χ1) is 12.5. The van der Waals surface area contributed by atoms with Crippen LogP contribution in [0.3, 0.4) is 0 Å². The Balaban J connectivity index is 1.19. The molecule has 0 unspecified atom stereocenters. The summed E-state index contributed by atoms with van der Waals surface area (Å²) < 4.78 is 5.45. The lowest BCUT2D eigenvalue weighted by Crippen LogP contribution is -2.65. The lowest BCUT2D eigenvalue weighted by Gasteiger charge is -2.71. The van der Waals surface area contributed by atoms with Crippen molar-refractivity contribution in [1.82, 2.24) is 8.88 Å². The molecule has 6 heteroatoms. The Kier molecular flexibility index (Phi) is 3.63. The summed E-state index contributed by atoms with van der Waals surface area (Å²) in [4.78, 5) is 0. The fourth-order valence-corrected chi connectivity index (χ4v) is 18.5. The van der Waals surface area contributed by atoms with Gasteiger partial charge in [0.15, 0.2) is 15.2 Å². The van der Waals surface area contributed by atoms with Crippen LogP contribution in [0.2, 0.25) is 0 Å². The molecule has 2 nitrogen and oxygen atoms in total. The predicted molar refractivity (Wildman–Crippen MR) is 111 cm³/mol. The second-order valence-electron chi connectivity index (χ2n) is 11.3.